The monoisotopic (exact) mass is 293 g/mol. The Labute approximate surface area is 111 Å². The predicted molar refractivity (Wildman–Crippen MR) is 69.3 cm³/mol. The largest absolute Gasteiger partial charge is 0.328 e. The Bertz CT molecular complexity index is 530. The molecule has 0 heterocycles. The van der Waals surface area contributed by atoms with Crippen molar-refractivity contribution in [3.05, 3.63) is 28.2 Å². The molecule has 2 rings (SSSR count). The quantitative estimate of drug-likeness (QED) is 0.912. The standard InChI is InChI=1S/C11H13Cl2NO2S/c12-10-4-3-9(6-11(10)13)17(15,16)8-2-1-7(14)5-8/h3-4,6-8H,1-2,5,14H2. The first-order valence-electron chi connectivity index (χ1n) is 5.36. The average molecular weight is 294 g/mol. The molecule has 1 aliphatic carbocycles. The van der Waals surface area contributed by atoms with Crippen molar-refractivity contribution < 1.29 is 8.42 Å². The van der Waals surface area contributed by atoms with Gasteiger partial charge in [-0.15, -0.1) is 0 Å². The van der Waals surface area contributed by atoms with Crippen molar-refractivity contribution in [2.45, 2.75) is 35.4 Å². The molecule has 2 N–H and O–H groups in total. The topological polar surface area (TPSA) is 60.2 Å². The van der Waals surface area contributed by atoms with Gasteiger partial charge in [-0.3, -0.25) is 0 Å². The van der Waals surface area contributed by atoms with Crippen LogP contribution in [0.3, 0.4) is 0 Å². The summed E-state index contributed by atoms with van der Waals surface area (Å²) in [5.74, 6) is 0. The van der Waals surface area contributed by atoms with Crippen LogP contribution < -0.4 is 5.73 Å². The number of halogens is 2. The summed E-state index contributed by atoms with van der Waals surface area (Å²) >= 11 is 11.6. The highest BCUT2D eigenvalue weighted by atomic mass is 35.5. The van der Waals surface area contributed by atoms with Crippen LogP contribution in [-0.2, 0) is 9.84 Å². The first-order valence-corrected chi connectivity index (χ1v) is 7.66. The number of nitrogens with two attached hydrogens (primary N) is 1. The van der Waals surface area contributed by atoms with Crippen LogP contribution in [0.15, 0.2) is 23.1 Å². The van der Waals surface area contributed by atoms with Gasteiger partial charge in [0.1, 0.15) is 0 Å². The molecule has 1 aromatic rings. The first kappa shape index (κ1) is 13.1. The van der Waals surface area contributed by atoms with E-state index in [0.717, 1.165) is 6.42 Å². The second-order valence-electron chi connectivity index (χ2n) is 4.32. The highest BCUT2D eigenvalue weighted by Crippen LogP contribution is 2.32. The summed E-state index contributed by atoms with van der Waals surface area (Å²) in [6.45, 7) is 0. The molecule has 0 spiro atoms. The molecule has 0 aromatic heterocycles. The molecule has 0 amide bonds. The third-order valence-corrected chi connectivity index (χ3v) is 6.04. The van der Waals surface area contributed by atoms with Gasteiger partial charge in [0.25, 0.3) is 0 Å². The Morgan fingerprint density at radius 2 is 1.88 bits per heavy atom. The highest BCUT2D eigenvalue weighted by Gasteiger charge is 2.33. The van der Waals surface area contributed by atoms with Gasteiger partial charge in [-0.2, -0.15) is 0 Å². The lowest BCUT2D eigenvalue weighted by atomic mass is 10.3. The van der Waals surface area contributed by atoms with E-state index >= 15 is 0 Å². The summed E-state index contributed by atoms with van der Waals surface area (Å²) < 4.78 is 24.6. The van der Waals surface area contributed by atoms with Crippen molar-refractivity contribution in [3.8, 4) is 0 Å². The van der Waals surface area contributed by atoms with Crippen LogP contribution in [0.2, 0.25) is 10.0 Å². The van der Waals surface area contributed by atoms with Gasteiger partial charge in [0, 0.05) is 6.04 Å². The lowest BCUT2D eigenvalue weighted by molar-refractivity contribution is 0.578. The number of hydrogen-bond donors (Lipinski definition) is 1. The van der Waals surface area contributed by atoms with Crippen LogP contribution in [0.1, 0.15) is 19.3 Å². The van der Waals surface area contributed by atoms with E-state index in [0.29, 0.717) is 17.9 Å². The van der Waals surface area contributed by atoms with Gasteiger partial charge in [0.2, 0.25) is 0 Å². The molecule has 3 nitrogen and oxygen atoms in total. The van der Waals surface area contributed by atoms with Crippen LogP contribution in [0, 0.1) is 0 Å². The second-order valence-corrected chi connectivity index (χ2v) is 7.36. The van der Waals surface area contributed by atoms with Gasteiger partial charge >= 0.3 is 0 Å². The Morgan fingerprint density at radius 3 is 2.41 bits per heavy atom. The average Bonchev–Trinajstić information content (AvgIpc) is 2.69. The summed E-state index contributed by atoms with van der Waals surface area (Å²) in [5, 5.41) is 0.221. The van der Waals surface area contributed by atoms with E-state index in [1.54, 1.807) is 0 Å². The van der Waals surface area contributed by atoms with Crippen molar-refractivity contribution in [2.24, 2.45) is 5.73 Å². The third kappa shape index (κ3) is 2.60. The first-order chi connectivity index (χ1) is 7.91. The minimum absolute atomic E-state index is 0.0162. The van der Waals surface area contributed by atoms with E-state index in [9.17, 15) is 8.42 Å². The molecule has 1 aliphatic rings. The minimum atomic E-state index is -3.33. The lowest BCUT2D eigenvalue weighted by Crippen LogP contribution is -2.22. The van der Waals surface area contributed by atoms with Crippen molar-refractivity contribution >= 4 is 33.0 Å². The van der Waals surface area contributed by atoms with Crippen molar-refractivity contribution in [2.75, 3.05) is 0 Å². The molecule has 2 unspecified atom stereocenters. The summed E-state index contributed by atoms with van der Waals surface area (Å²) in [6, 6.07) is 4.39. The molecule has 6 heteroatoms. The van der Waals surface area contributed by atoms with Crippen molar-refractivity contribution in [1.29, 1.82) is 0 Å². The SMILES string of the molecule is NC1CCC(S(=O)(=O)c2ccc(Cl)c(Cl)c2)C1. The van der Waals surface area contributed by atoms with Gasteiger partial charge in [-0.05, 0) is 37.5 Å². The molecular formula is C11H13Cl2NO2S. The molecule has 0 aliphatic heterocycles. The van der Waals surface area contributed by atoms with Crippen LogP contribution >= 0.6 is 23.2 Å². The number of benzene rings is 1. The molecule has 0 saturated heterocycles. The van der Waals surface area contributed by atoms with Gasteiger partial charge in [-0.1, -0.05) is 23.2 Å². The predicted octanol–water partition coefficient (Wildman–Crippen LogP) is 2.65. The smallest absolute Gasteiger partial charge is 0.181 e. The van der Waals surface area contributed by atoms with E-state index in [-0.39, 0.29) is 16.0 Å². The fourth-order valence-electron chi connectivity index (χ4n) is 2.10. The molecule has 1 fully saturated rings. The molecule has 1 saturated carbocycles. The van der Waals surface area contributed by atoms with Crippen LogP contribution in [0.5, 0.6) is 0 Å². The Hall–Kier alpha value is -0.290. The zero-order valence-corrected chi connectivity index (χ0v) is 11.4. The summed E-state index contributed by atoms with van der Waals surface area (Å²) in [6.07, 6.45) is 1.89. The Kier molecular flexibility index (Phi) is 3.69. The fraction of sp³-hybridized carbons (Fsp3) is 0.455. The van der Waals surface area contributed by atoms with E-state index in [2.05, 4.69) is 0 Å². The zero-order valence-electron chi connectivity index (χ0n) is 9.07. The lowest BCUT2D eigenvalue weighted by Gasteiger charge is -2.12. The maximum absolute atomic E-state index is 12.3. The van der Waals surface area contributed by atoms with E-state index < -0.39 is 15.1 Å². The van der Waals surface area contributed by atoms with Gasteiger partial charge < -0.3 is 5.73 Å². The van der Waals surface area contributed by atoms with Crippen LogP contribution in [0.25, 0.3) is 0 Å². The number of sulfone groups is 1. The Morgan fingerprint density at radius 1 is 1.18 bits per heavy atom. The zero-order chi connectivity index (χ0) is 12.6. The third-order valence-electron chi connectivity index (χ3n) is 3.08. The normalized spacial score (nSPS) is 25.1. The molecule has 1 aromatic carbocycles. The summed E-state index contributed by atoms with van der Waals surface area (Å²) in [4.78, 5) is 0.228. The van der Waals surface area contributed by atoms with E-state index in [1.807, 2.05) is 0 Å². The van der Waals surface area contributed by atoms with E-state index in [1.165, 1.54) is 18.2 Å². The molecule has 94 valence electrons. The Balaban J connectivity index is 2.35. The summed E-state index contributed by atoms with van der Waals surface area (Å²) in [7, 11) is -3.33. The molecule has 17 heavy (non-hydrogen) atoms. The van der Waals surface area contributed by atoms with Crippen LogP contribution in [-0.4, -0.2) is 19.7 Å². The second kappa shape index (κ2) is 4.76. The van der Waals surface area contributed by atoms with Crippen LogP contribution in [0.4, 0.5) is 0 Å². The van der Waals surface area contributed by atoms with Crippen molar-refractivity contribution in [3.63, 3.8) is 0 Å². The number of rotatable bonds is 2. The molecule has 0 radical (unpaired) electrons. The van der Waals surface area contributed by atoms with Gasteiger partial charge in [0.15, 0.2) is 9.84 Å². The fourth-order valence-corrected chi connectivity index (χ4v) is 4.34. The molecule has 0 bridgehead atoms. The molecular weight excluding hydrogens is 281 g/mol. The summed E-state index contributed by atoms with van der Waals surface area (Å²) in [5.41, 5.74) is 5.74. The molecule has 2 atom stereocenters. The van der Waals surface area contributed by atoms with Crippen molar-refractivity contribution in [1.82, 2.24) is 0 Å². The minimum Gasteiger partial charge on any atom is -0.328 e. The highest BCUT2D eigenvalue weighted by molar-refractivity contribution is 7.92. The van der Waals surface area contributed by atoms with E-state index in [4.69, 9.17) is 28.9 Å². The number of hydrogen-bond acceptors (Lipinski definition) is 3. The van der Waals surface area contributed by atoms with Gasteiger partial charge in [-0.25, -0.2) is 8.42 Å². The van der Waals surface area contributed by atoms with Gasteiger partial charge in [0.05, 0.1) is 20.2 Å². The maximum Gasteiger partial charge on any atom is 0.181 e. The maximum atomic E-state index is 12.3.